The number of nitrogens with zero attached hydrogens (tertiary/aromatic N) is 3. The molecule has 3 aromatic rings. The zero-order chi connectivity index (χ0) is 19.6. The monoisotopic (exact) mass is 394 g/mol. The van der Waals surface area contributed by atoms with Crippen molar-refractivity contribution in [2.24, 2.45) is 0 Å². The molecule has 0 saturated heterocycles. The van der Waals surface area contributed by atoms with Crippen LogP contribution < -0.4 is 5.32 Å². The minimum absolute atomic E-state index is 0.00863. The van der Waals surface area contributed by atoms with Gasteiger partial charge in [-0.1, -0.05) is 47.1 Å². The molecule has 9 heteroatoms. The SMILES string of the molecule is Cc1c(C(=O)Nc2cc(C(F)(F)F)ccc2Cl)nnn1Cc1ccccc1. The molecule has 140 valence electrons. The molecule has 0 fully saturated rings. The van der Waals surface area contributed by atoms with E-state index in [-0.39, 0.29) is 16.4 Å². The number of hydrogen-bond acceptors (Lipinski definition) is 3. The topological polar surface area (TPSA) is 59.8 Å². The van der Waals surface area contributed by atoms with E-state index in [1.54, 1.807) is 6.92 Å². The zero-order valence-electron chi connectivity index (χ0n) is 14.1. The van der Waals surface area contributed by atoms with Crippen LogP contribution in [0.1, 0.15) is 27.3 Å². The van der Waals surface area contributed by atoms with Gasteiger partial charge in [-0.3, -0.25) is 4.79 Å². The predicted octanol–water partition coefficient (Wildman–Crippen LogP) is 4.56. The first-order valence-electron chi connectivity index (χ1n) is 7.88. The summed E-state index contributed by atoms with van der Waals surface area (Å²) >= 11 is 5.91. The first-order valence-corrected chi connectivity index (χ1v) is 8.25. The van der Waals surface area contributed by atoms with Crippen LogP contribution in [0.15, 0.2) is 48.5 Å². The number of amides is 1. The molecule has 1 heterocycles. The highest BCUT2D eigenvalue weighted by molar-refractivity contribution is 6.33. The van der Waals surface area contributed by atoms with E-state index in [0.717, 1.165) is 23.8 Å². The van der Waals surface area contributed by atoms with Gasteiger partial charge < -0.3 is 5.32 Å². The van der Waals surface area contributed by atoms with E-state index in [1.807, 2.05) is 30.3 Å². The number of anilines is 1. The molecule has 1 N–H and O–H groups in total. The summed E-state index contributed by atoms with van der Waals surface area (Å²) in [4.78, 5) is 12.4. The second kappa shape index (κ2) is 7.40. The van der Waals surface area contributed by atoms with Gasteiger partial charge >= 0.3 is 6.18 Å². The summed E-state index contributed by atoms with van der Waals surface area (Å²) in [6.07, 6.45) is -4.54. The van der Waals surface area contributed by atoms with Crippen molar-refractivity contribution < 1.29 is 18.0 Å². The molecule has 0 atom stereocenters. The highest BCUT2D eigenvalue weighted by Gasteiger charge is 2.31. The van der Waals surface area contributed by atoms with E-state index in [0.29, 0.717) is 12.2 Å². The summed E-state index contributed by atoms with van der Waals surface area (Å²) in [6, 6.07) is 12.2. The van der Waals surface area contributed by atoms with Gasteiger partial charge in [-0.05, 0) is 30.7 Å². The van der Waals surface area contributed by atoms with Gasteiger partial charge in [-0.25, -0.2) is 4.68 Å². The van der Waals surface area contributed by atoms with Crippen LogP contribution in [0, 0.1) is 6.92 Å². The van der Waals surface area contributed by atoms with E-state index in [9.17, 15) is 18.0 Å². The third kappa shape index (κ3) is 4.28. The molecular weight excluding hydrogens is 381 g/mol. The summed E-state index contributed by atoms with van der Waals surface area (Å²) in [5.74, 6) is -0.687. The summed E-state index contributed by atoms with van der Waals surface area (Å²) in [6.45, 7) is 2.07. The van der Waals surface area contributed by atoms with Crippen LogP contribution in [0.4, 0.5) is 18.9 Å². The maximum Gasteiger partial charge on any atom is 0.416 e. The summed E-state index contributed by atoms with van der Waals surface area (Å²) < 4.78 is 40.1. The molecule has 0 saturated carbocycles. The molecule has 27 heavy (non-hydrogen) atoms. The van der Waals surface area contributed by atoms with Crippen LogP contribution in [0.3, 0.4) is 0 Å². The van der Waals surface area contributed by atoms with Crippen LogP contribution in [-0.4, -0.2) is 20.9 Å². The Labute approximate surface area is 157 Å². The quantitative estimate of drug-likeness (QED) is 0.705. The molecule has 0 radical (unpaired) electrons. The lowest BCUT2D eigenvalue weighted by molar-refractivity contribution is -0.137. The van der Waals surface area contributed by atoms with Gasteiger partial charge in [0.15, 0.2) is 5.69 Å². The van der Waals surface area contributed by atoms with Crippen LogP contribution in [0.5, 0.6) is 0 Å². The highest BCUT2D eigenvalue weighted by atomic mass is 35.5. The van der Waals surface area contributed by atoms with Gasteiger partial charge in [0.2, 0.25) is 0 Å². The van der Waals surface area contributed by atoms with Gasteiger partial charge in [-0.2, -0.15) is 13.2 Å². The molecule has 1 aromatic heterocycles. The Balaban J connectivity index is 1.81. The van der Waals surface area contributed by atoms with Gasteiger partial charge in [0.25, 0.3) is 5.91 Å². The average molecular weight is 395 g/mol. The molecule has 0 aliphatic heterocycles. The summed E-state index contributed by atoms with van der Waals surface area (Å²) in [7, 11) is 0. The van der Waals surface area contributed by atoms with Crippen molar-refractivity contribution in [3.63, 3.8) is 0 Å². The van der Waals surface area contributed by atoms with Gasteiger partial charge in [0, 0.05) is 0 Å². The van der Waals surface area contributed by atoms with Crippen molar-refractivity contribution >= 4 is 23.2 Å². The predicted molar refractivity (Wildman–Crippen MR) is 94.7 cm³/mol. The maximum absolute atomic E-state index is 12.9. The first kappa shape index (κ1) is 18.9. The molecule has 0 unspecified atom stereocenters. The maximum atomic E-state index is 12.9. The Kier molecular flexibility index (Phi) is 5.18. The summed E-state index contributed by atoms with van der Waals surface area (Å²) in [5, 5.41) is 10.2. The lowest BCUT2D eigenvalue weighted by atomic mass is 10.2. The van der Waals surface area contributed by atoms with Crippen LogP contribution in [-0.2, 0) is 12.7 Å². The van der Waals surface area contributed by atoms with E-state index in [1.165, 1.54) is 4.68 Å². The molecule has 5 nitrogen and oxygen atoms in total. The second-order valence-electron chi connectivity index (χ2n) is 5.81. The Bertz CT molecular complexity index is 970. The van der Waals surface area contributed by atoms with Crippen molar-refractivity contribution in [2.75, 3.05) is 5.32 Å². The van der Waals surface area contributed by atoms with E-state index in [2.05, 4.69) is 15.6 Å². The average Bonchev–Trinajstić information content (AvgIpc) is 2.97. The van der Waals surface area contributed by atoms with Gasteiger partial charge in [0.1, 0.15) is 0 Å². The van der Waals surface area contributed by atoms with Crippen molar-refractivity contribution in [3.8, 4) is 0 Å². The number of carbonyl (C=O) groups is 1. The highest BCUT2D eigenvalue weighted by Crippen LogP contribution is 2.34. The number of benzene rings is 2. The van der Waals surface area contributed by atoms with Crippen molar-refractivity contribution in [2.45, 2.75) is 19.6 Å². The number of rotatable bonds is 4. The van der Waals surface area contributed by atoms with E-state index < -0.39 is 17.6 Å². The number of hydrogen-bond donors (Lipinski definition) is 1. The molecule has 0 spiro atoms. The normalized spacial score (nSPS) is 11.4. The minimum Gasteiger partial charge on any atom is -0.319 e. The Morgan fingerprint density at radius 2 is 1.89 bits per heavy atom. The fourth-order valence-corrected chi connectivity index (χ4v) is 2.62. The van der Waals surface area contributed by atoms with Crippen molar-refractivity contribution in [1.29, 1.82) is 0 Å². The molecule has 0 aliphatic carbocycles. The number of nitrogens with one attached hydrogen (secondary N) is 1. The fourth-order valence-electron chi connectivity index (χ4n) is 2.46. The van der Waals surface area contributed by atoms with Crippen LogP contribution in [0.25, 0.3) is 0 Å². The van der Waals surface area contributed by atoms with Gasteiger partial charge in [0.05, 0.1) is 28.5 Å². The third-order valence-corrected chi connectivity index (χ3v) is 4.24. The lowest BCUT2D eigenvalue weighted by Crippen LogP contribution is -2.15. The number of carbonyl (C=O) groups excluding carboxylic acids is 1. The second-order valence-corrected chi connectivity index (χ2v) is 6.22. The van der Waals surface area contributed by atoms with Crippen LogP contribution >= 0.6 is 11.6 Å². The Hall–Kier alpha value is -2.87. The molecular formula is C18H14ClF3N4O. The lowest BCUT2D eigenvalue weighted by Gasteiger charge is -2.11. The Morgan fingerprint density at radius 3 is 2.56 bits per heavy atom. The molecule has 0 aliphatic rings. The third-order valence-electron chi connectivity index (χ3n) is 3.91. The molecule has 0 bridgehead atoms. The zero-order valence-corrected chi connectivity index (χ0v) is 14.8. The molecule has 1 amide bonds. The fraction of sp³-hybridized carbons (Fsp3) is 0.167. The van der Waals surface area contributed by atoms with E-state index >= 15 is 0 Å². The van der Waals surface area contributed by atoms with Crippen molar-refractivity contribution in [3.05, 3.63) is 76.1 Å². The first-order chi connectivity index (χ1) is 12.8. The smallest absolute Gasteiger partial charge is 0.319 e. The van der Waals surface area contributed by atoms with Crippen molar-refractivity contribution in [1.82, 2.24) is 15.0 Å². The summed E-state index contributed by atoms with van der Waals surface area (Å²) in [5.41, 5.74) is 0.414. The van der Waals surface area contributed by atoms with E-state index in [4.69, 9.17) is 11.6 Å². The number of aromatic nitrogens is 3. The number of alkyl halides is 3. The Morgan fingerprint density at radius 1 is 1.19 bits per heavy atom. The van der Waals surface area contributed by atoms with Crippen LogP contribution in [0.2, 0.25) is 5.02 Å². The minimum atomic E-state index is -4.54. The standard InChI is InChI=1S/C18H14ClF3N4O/c1-11-16(24-25-26(11)10-12-5-3-2-4-6-12)17(27)23-15-9-13(18(20,21)22)7-8-14(15)19/h2-9H,10H2,1H3,(H,23,27). The number of halogens is 4. The molecule has 2 aromatic carbocycles. The van der Waals surface area contributed by atoms with Gasteiger partial charge in [-0.15, -0.1) is 5.10 Å². The molecule has 3 rings (SSSR count). The largest absolute Gasteiger partial charge is 0.416 e.